The van der Waals surface area contributed by atoms with Gasteiger partial charge in [-0.15, -0.1) is 0 Å². The standard InChI is InChI=1S/C28H25N5O2/c1-18-22(28(34)31-16-20-9-12-29-13-10-20)5-4-6-26(18)35-27-11-14-30-25-15-21(7-8-23(25)27)24-17-32-33(3)19(24)2/h4-15,17H,16H2,1-3H3,(H,31,34). The van der Waals surface area contributed by atoms with Crippen LogP contribution in [-0.2, 0) is 13.6 Å². The van der Waals surface area contributed by atoms with E-state index in [1.54, 1.807) is 24.7 Å². The van der Waals surface area contributed by atoms with E-state index in [-0.39, 0.29) is 5.91 Å². The first-order valence-corrected chi connectivity index (χ1v) is 11.3. The Morgan fingerprint density at radius 1 is 1.00 bits per heavy atom. The number of aromatic nitrogens is 4. The molecule has 1 amide bonds. The van der Waals surface area contributed by atoms with Crippen molar-refractivity contribution in [1.29, 1.82) is 0 Å². The van der Waals surface area contributed by atoms with Crippen molar-refractivity contribution in [2.45, 2.75) is 20.4 Å². The third-order valence-corrected chi connectivity index (χ3v) is 6.20. The Balaban J connectivity index is 1.41. The van der Waals surface area contributed by atoms with Crippen LogP contribution in [0.2, 0.25) is 0 Å². The lowest BCUT2D eigenvalue weighted by atomic mass is 10.0. The maximum absolute atomic E-state index is 12.9. The Morgan fingerprint density at radius 3 is 2.60 bits per heavy atom. The maximum Gasteiger partial charge on any atom is 0.251 e. The molecule has 0 radical (unpaired) electrons. The number of aryl methyl sites for hydroxylation is 1. The van der Waals surface area contributed by atoms with E-state index in [9.17, 15) is 4.79 Å². The second-order valence-electron chi connectivity index (χ2n) is 8.38. The summed E-state index contributed by atoms with van der Waals surface area (Å²) in [6.07, 6.45) is 7.02. The largest absolute Gasteiger partial charge is 0.456 e. The highest BCUT2D eigenvalue weighted by Gasteiger charge is 2.15. The molecule has 0 spiro atoms. The van der Waals surface area contributed by atoms with E-state index in [4.69, 9.17) is 4.74 Å². The van der Waals surface area contributed by atoms with Crippen LogP contribution in [0.15, 0.2) is 79.4 Å². The molecule has 174 valence electrons. The number of fused-ring (bicyclic) bond motifs is 1. The van der Waals surface area contributed by atoms with Crippen molar-refractivity contribution in [1.82, 2.24) is 25.1 Å². The maximum atomic E-state index is 12.9. The van der Waals surface area contributed by atoms with Gasteiger partial charge in [0, 0.05) is 60.0 Å². The molecule has 0 aliphatic heterocycles. The number of amides is 1. The fourth-order valence-electron chi connectivity index (χ4n) is 4.03. The number of carbonyl (C=O) groups excluding carboxylic acids is 1. The number of pyridine rings is 2. The summed E-state index contributed by atoms with van der Waals surface area (Å²) in [7, 11) is 1.93. The van der Waals surface area contributed by atoms with Crippen LogP contribution in [0, 0.1) is 13.8 Å². The average Bonchev–Trinajstić information content (AvgIpc) is 3.22. The molecule has 0 aliphatic rings. The number of hydrogen-bond acceptors (Lipinski definition) is 5. The smallest absolute Gasteiger partial charge is 0.251 e. The number of nitrogens with one attached hydrogen (secondary N) is 1. The van der Waals surface area contributed by atoms with Gasteiger partial charge in [0.2, 0.25) is 0 Å². The van der Waals surface area contributed by atoms with Crippen LogP contribution in [0.4, 0.5) is 0 Å². The summed E-state index contributed by atoms with van der Waals surface area (Å²) in [5.41, 5.74) is 6.37. The monoisotopic (exact) mass is 463 g/mol. The normalized spacial score (nSPS) is 10.9. The second kappa shape index (κ2) is 9.38. The number of hydrogen-bond donors (Lipinski definition) is 1. The van der Waals surface area contributed by atoms with Crippen molar-refractivity contribution >= 4 is 16.8 Å². The van der Waals surface area contributed by atoms with Crippen LogP contribution < -0.4 is 10.1 Å². The fourth-order valence-corrected chi connectivity index (χ4v) is 4.03. The summed E-state index contributed by atoms with van der Waals surface area (Å²) in [5, 5.41) is 8.20. The molecule has 7 nitrogen and oxygen atoms in total. The minimum Gasteiger partial charge on any atom is -0.456 e. The second-order valence-corrected chi connectivity index (χ2v) is 8.38. The van der Waals surface area contributed by atoms with Crippen LogP contribution >= 0.6 is 0 Å². The predicted molar refractivity (Wildman–Crippen MR) is 135 cm³/mol. The van der Waals surface area contributed by atoms with Crippen LogP contribution in [0.3, 0.4) is 0 Å². The number of carbonyl (C=O) groups is 1. The first kappa shape index (κ1) is 22.3. The van der Waals surface area contributed by atoms with E-state index >= 15 is 0 Å². The first-order chi connectivity index (χ1) is 17.0. The van der Waals surface area contributed by atoms with E-state index in [0.717, 1.165) is 38.9 Å². The van der Waals surface area contributed by atoms with Crippen molar-refractivity contribution in [3.05, 3.63) is 102 Å². The quantitative estimate of drug-likeness (QED) is 0.366. The highest BCUT2D eigenvalue weighted by atomic mass is 16.5. The molecule has 0 bridgehead atoms. The van der Waals surface area contributed by atoms with Crippen molar-refractivity contribution < 1.29 is 9.53 Å². The number of rotatable bonds is 6. The predicted octanol–water partition coefficient (Wildman–Crippen LogP) is 5.37. The Bertz CT molecular complexity index is 1530. The minimum atomic E-state index is -0.152. The third kappa shape index (κ3) is 4.48. The Kier molecular flexibility index (Phi) is 5.97. The van der Waals surface area contributed by atoms with Gasteiger partial charge in [-0.05, 0) is 67.4 Å². The molecule has 3 aromatic heterocycles. The molecule has 0 aliphatic carbocycles. The molecule has 5 aromatic rings. The fraction of sp³-hybridized carbons (Fsp3) is 0.143. The highest BCUT2D eigenvalue weighted by molar-refractivity contribution is 5.96. The van der Waals surface area contributed by atoms with Gasteiger partial charge in [0.15, 0.2) is 0 Å². The van der Waals surface area contributed by atoms with Gasteiger partial charge in [0.05, 0.1) is 11.7 Å². The van der Waals surface area contributed by atoms with Gasteiger partial charge in [0.25, 0.3) is 5.91 Å². The van der Waals surface area contributed by atoms with Gasteiger partial charge >= 0.3 is 0 Å². The molecule has 0 unspecified atom stereocenters. The topological polar surface area (TPSA) is 81.9 Å². The van der Waals surface area contributed by atoms with E-state index in [2.05, 4.69) is 26.4 Å². The summed E-state index contributed by atoms with van der Waals surface area (Å²) < 4.78 is 8.16. The van der Waals surface area contributed by atoms with Crippen LogP contribution in [0.25, 0.3) is 22.0 Å². The van der Waals surface area contributed by atoms with Gasteiger partial charge in [-0.2, -0.15) is 5.10 Å². The molecule has 3 heterocycles. The van der Waals surface area contributed by atoms with Crippen molar-refractivity contribution in [3.8, 4) is 22.6 Å². The number of nitrogens with zero attached hydrogens (tertiary/aromatic N) is 4. The van der Waals surface area contributed by atoms with E-state index in [1.165, 1.54) is 0 Å². The molecule has 5 rings (SSSR count). The zero-order valence-electron chi connectivity index (χ0n) is 19.8. The SMILES string of the molecule is Cc1c(Oc2ccnc3cc(-c4cnn(C)c4C)ccc23)cccc1C(=O)NCc1ccncc1. The Morgan fingerprint density at radius 2 is 1.83 bits per heavy atom. The zero-order valence-corrected chi connectivity index (χ0v) is 19.8. The van der Waals surface area contributed by atoms with E-state index < -0.39 is 0 Å². The first-order valence-electron chi connectivity index (χ1n) is 11.3. The lowest BCUT2D eigenvalue weighted by molar-refractivity contribution is 0.0950. The van der Waals surface area contributed by atoms with Crippen molar-refractivity contribution in [2.24, 2.45) is 7.05 Å². The van der Waals surface area contributed by atoms with E-state index in [1.807, 2.05) is 74.2 Å². The number of benzene rings is 2. The van der Waals surface area contributed by atoms with Crippen LogP contribution in [0.1, 0.15) is 27.2 Å². The molecule has 35 heavy (non-hydrogen) atoms. The molecule has 2 aromatic carbocycles. The highest BCUT2D eigenvalue weighted by Crippen LogP contribution is 2.34. The molecule has 0 saturated carbocycles. The number of ether oxygens (including phenoxy) is 1. The average molecular weight is 464 g/mol. The zero-order chi connectivity index (χ0) is 24.4. The van der Waals surface area contributed by atoms with Crippen molar-refractivity contribution in [3.63, 3.8) is 0 Å². The summed E-state index contributed by atoms with van der Waals surface area (Å²) in [6, 6.07) is 17.2. The van der Waals surface area contributed by atoms with Crippen molar-refractivity contribution in [2.75, 3.05) is 0 Å². The molecule has 0 saturated heterocycles. The molecule has 0 atom stereocenters. The lowest BCUT2D eigenvalue weighted by Crippen LogP contribution is -2.23. The molecular formula is C28H25N5O2. The summed E-state index contributed by atoms with van der Waals surface area (Å²) in [5.74, 6) is 1.16. The summed E-state index contributed by atoms with van der Waals surface area (Å²) in [4.78, 5) is 21.4. The van der Waals surface area contributed by atoms with E-state index in [0.29, 0.717) is 23.6 Å². The Labute approximate surface area is 203 Å². The summed E-state index contributed by atoms with van der Waals surface area (Å²) >= 11 is 0. The molecular weight excluding hydrogens is 438 g/mol. The lowest BCUT2D eigenvalue weighted by Gasteiger charge is -2.14. The van der Waals surface area contributed by atoms with Crippen LogP contribution in [-0.4, -0.2) is 25.7 Å². The van der Waals surface area contributed by atoms with Gasteiger partial charge in [-0.3, -0.25) is 19.4 Å². The van der Waals surface area contributed by atoms with Crippen LogP contribution in [0.5, 0.6) is 11.5 Å². The molecule has 1 N–H and O–H groups in total. The van der Waals surface area contributed by atoms with Gasteiger partial charge in [-0.1, -0.05) is 12.1 Å². The molecule has 7 heteroatoms. The van der Waals surface area contributed by atoms with Gasteiger partial charge in [0.1, 0.15) is 11.5 Å². The van der Waals surface area contributed by atoms with Gasteiger partial charge in [-0.25, -0.2) is 0 Å². The van der Waals surface area contributed by atoms with Gasteiger partial charge < -0.3 is 10.1 Å². The minimum absolute atomic E-state index is 0.152. The third-order valence-electron chi connectivity index (χ3n) is 6.20. The Hall–Kier alpha value is -4.52. The summed E-state index contributed by atoms with van der Waals surface area (Å²) in [6.45, 7) is 4.37. The molecule has 0 fully saturated rings.